The van der Waals surface area contributed by atoms with Crippen LogP contribution in [0.2, 0.25) is 0 Å². The Kier molecular flexibility index (Phi) is 5.97. The molecule has 2 rings (SSSR count). The number of carbonyl (C=O) groups is 3. The smallest absolute Gasteiger partial charge is 0.342 e. The van der Waals surface area contributed by atoms with Crippen molar-refractivity contribution < 1.29 is 23.5 Å². The molecule has 0 aliphatic rings. The number of rotatable bonds is 4. The largest absolute Gasteiger partial charge is 0.465 e. The molecule has 2 amide bonds. The molecule has 7 nitrogen and oxygen atoms in total. The minimum atomic E-state index is -0.663. The van der Waals surface area contributed by atoms with Crippen LogP contribution in [0.1, 0.15) is 37.8 Å². The Hall–Kier alpha value is -2.61. The van der Waals surface area contributed by atoms with Crippen molar-refractivity contribution in [3.8, 4) is 0 Å². The molecule has 1 heterocycles. The summed E-state index contributed by atoms with van der Waals surface area (Å²) in [5.41, 5.74) is 5.78. The molecule has 0 atom stereocenters. The van der Waals surface area contributed by atoms with Crippen molar-refractivity contribution >= 4 is 33.7 Å². The fraction of sp³-hybridized carbons (Fsp3) is 0.235. The first-order valence-corrected chi connectivity index (χ1v) is 8.18. The molecule has 0 fully saturated rings. The SMILES string of the molecule is Cc1oc(C)c(C(=O)OCC(=O)NNC(=O)c2ccccc2Br)c1C. The van der Waals surface area contributed by atoms with Gasteiger partial charge < -0.3 is 9.15 Å². The van der Waals surface area contributed by atoms with Crippen molar-refractivity contribution in [2.45, 2.75) is 20.8 Å². The van der Waals surface area contributed by atoms with Gasteiger partial charge in [-0.05, 0) is 48.8 Å². The van der Waals surface area contributed by atoms with Gasteiger partial charge in [0.2, 0.25) is 0 Å². The van der Waals surface area contributed by atoms with Crippen molar-refractivity contribution in [3.63, 3.8) is 0 Å². The van der Waals surface area contributed by atoms with E-state index < -0.39 is 24.4 Å². The van der Waals surface area contributed by atoms with Crippen molar-refractivity contribution in [3.05, 3.63) is 56.9 Å². The van der Waals surface area contributed by atoms with E-state index in [0.717, 1.165) is 0 Å². The highest BCUT2D eigenvalue weighted by Gasteiger charge is 2.21. The highest BCUT2D eigenvalue weighted by atomic mass is 79.9. The number of esters is 1. The molecular formula is C17H17BrN2O5. The minimum absolute atomic E-state index is 0.308. The van der Waals surface area contributed by atoms with Crippen LogP contribution in [0.4, 0.5) is 0 Å². The predicted molar refractivity (Wildman–Crippen MR) is 93.0 cm³/mol. The Labute approximate surface area is 152 Å². The van der Waals surface area contributed by atoms with Crippen LogP contribution in [0.5, 0.6) is 0 Å². The summed E-state index contributed by atoms with van der Waals surface area (Å²) in [5.74, 6) is -0.759. The number of furan rings is 1. The number of carbonyl (C=O) groups excluding carboxylic acids is 3. The zero-order valence-electron chi connectivity index (χ0n) is 13.9. The summed E-state index contributed by atoms with van der Waals surface area (Å²) in [6.45, 7) is 4.59. The molecular weight excluding hydrogens is 392 g/mol. The second-order valence-corrected chi connectivity index (χ2v) is 6.13. The summed E-state index contributed by atoms with van der Waals surface area (Å²) in [4.78, 5) is 35.7. The second kappa shape index (κ2) is 7.98. The monoisotopic (exact) mass is 408 g/mol. The number of amides is 2. The molecule has 2 aromatic rings. The van der Waals surface area contributed by atoms with E-state index in [1.165, 1.54) is 0 Å². The van der Waals surface area contributed by atoms with Crippen LogP contribution in [0.3, 0.4) is 0 Å². The Morgan fingerprint density at radius 1 is 1.08 bits per heavy atom. The predicted octanol–water partition coefficient (Wildman–Crippen LogP) is 2.59. The Morgan fingerprint density at radius 3 is 2.36 bits per heavy atom. The van der Waals surface area contributed by atoms with E-state index in [9.17, 15) is 14.4 Å². The van der Waals surface area contributed by atoms with Crippen LogP contribution in [-0.4, -0.2) is 24.4 Å². The van der Waals surface area contributed by atoms with Crippen LogP contribution < -0.4 is 10.9 Å². The van der Waals surface area contributed by atoms with Gasteiger partial charge in [-0.15, -0.1) is 0 Å². The van der Waals surface area contributed by atoms with Crippen molar-refractivity contribution in [2.24, 2.45) is 0 Å². The quantitative estimate of drug-likeness (QED) is 0.598. The maximum absolute atomic E-state index is 12.1. The van der Waals surface area contributed by atoms with Gasteiger partial charge in [-0.2, -0.15) is 0 Å². The van der Waals surface area contributed by atoms with Gasteiger partial charge in [-0.3, -0.25) is 20.4 Å². The highest BCUT2D eigenvalue weighted by Crippen LogP contribution is 2.21. The lowest BCUT2D eigenvalue weighted by molar-refractivity contribution is -0.125. The van der Waals surface area contributed by atoms with E-state index in [4.69, 9.17) is 9.15 Å². The molecule has 1 aromatic heterocycles. The first kappa shape index (κ1) is 18.7. The lowest BCUT2D eigenvalue weighted by atomic mass is 10.1. The van der Waals surface area contributed by atoms with Gasteiger partial charge in [-0.25, -0.2) is 4.79 Å². The van der Waals surface area contributed by atoms with E-state index in [1.54, 1.807) is 45.0 Å². The first-order valence-electron chi connectivity index (χ1n) is 7.38. The molecule has 0 unspecified atom stereocenters. The lowest BCUT2D eigenvalue weighted by Crippen LogP contribution is -2.43. The number of benzene rings is 1. The zero-order chi connectivity index (χ0) is 18.6. The number of nitrogens with one attached hydrogen (secondary N) is 2. The standard InChI is InChI=1S/C17H17BrN2O5/c1-9-10(2)25-11(3)15(9)17(23)24-8-14(21)19-20-16(22)12-6-4-5-7-13(12)18/h4-7H,8H2,1-3H3,(H,19,21)(H,20,22). The van der Waals surface area contributed by atoms with Crippen LogP contribution in [0.15, 0.2) is 33.2 Å². The van der Waals surface area contributed by atoms with Gasteiger partial charge in [-0.1, -0.05) is 12.1 Å². The van der Waals surface area contributed by atoms with E-state index in [2.05, 4.69) is 26.8 Å². The van der Waals surface area contributed by atoms with E-state index in [-0.39, 0.29) is 0 Å². The molecule has 0 radical (unpaired) electrons. The third-order valence-corrected chi connectivity index (χ3v) is 4.23. The molecule has 0 aliphatic heterocycles. The van der Waals surface area contributed by atoms with E-state index in [0.29, 0.717) is 32.7 Å². The van der Waals surface area contributed by atoms with Gasteiger partial charge in [0.1, 0.15) is 17.1 Å². The van der Waals surface area contributed by atoms with E-state index >= 15 is 0 Å². The molecule has 0 aliphatic carbocycles. The molecule has 8 heteroatoms. The van der Waals surface area contributed by atoms with Gasteiger partial charge in [0.15, 0.2) is 6.61 Å². The molecule has 2 N–H and O–H groups in total. The average Bonchev–Trinajstić information content (AvgIpc) is 2.83. The van der Waals surface area contributed by atoms with Crippen molar-refractivity contribution in [1.82, 2.24) is 10.9 Å². The number of hydrogen-bond acceptors (Lipinski definition) is 5. The summed E-state index contributed by atoms with van der Waals surface area (Å²) in [5, 5.41) is 0. The van der Waals surface area contributed by atoms with Gasteiger partial charge in [0.05, 0.1) is 5.56 Å². The van der Waals surface area contributed by atoms with Crippen LogP contribution in [0, 0.1) is 20.8 Å². The fourth-order valence-electron chi connectivity index (χ4n) is 2.17. The molecule has 0 saturated carbocycles. The zero-order valence-corrected chi connectivity index (χ0v) is 15.5. The number of ether oxygens (including phenoxy) is 1. The number of aryl methyl sites for hydroxylation is 2. The molecule has 0 spiro atoms. The van der Waals surface area contributed by atoms with Crippen molar-refractivity contribution in [1.29, 1.82) is 0 Å². The fourth-order valence-corrected chi connectivity index (χ4v) is 2.64. The summed E-state index contributed by atoms with van der Waals surface area (Å²) < 4.78 is 10.9. The molecule has 132 valence electrons. The third-order valence-electron chi connectivity index (χ3n) is 3.53. The molecule has 25 heavy (non-hydrogen) atoms. The summed E-state index contributed by atoms with van der Waals surface area (Å²) in [6.07, 6.45) is 0. The average molecular weight is 409 g/mol. The third kappa shape index (κ3) is 4.48. The van der Waals surface area contributed by atoms with E-state index in [1.807, 2.05) is 0 Å². The van der Waals surface area contributed by atoms with Crippen LogP contribution in [0.25, 0.3) is 0 Å². The Balaban J connectivity index is 1.86. The number of hydrogen-bond donors (Lipinski definition) is 2. The van der Waals surface area contributed by atoms with Gasteiger partial charge in [0, 0.05) is 10.0 Å². The Morgan fingerprint density at radius 2 is 1.76 bits per heavy atom. The lowest BCUT2D eigenvalue weighted by Gasteiger charge is -2.09. The van der Waals surface area contributed by atoms with Crippen molar-refractivity contribution in [2.75, 3.05) is 6.61 Å². The summed E-state index contributed by atoms with van der Waals surface area (Å²) >= 11 is 3.24. The highest BCUT2D eigenvalue weighted by molar-refractivity contribution is 9.10. The normalized spacial score (nSPS) is 10.2. The number of halogens is 1. The van der Waals surface area contributed by atoms with Crippen LogP contribution >= 0.6 is 15.9 Å². The molecule has 1 aromatic carbocycles. The molecule has 0 bridgehead atoms. The summed E-state index contributed by atoms with van der Waals surface area (Å²) in [6, 6.07) is 6.76. The second-order valence-electron chi connectivity index (χ2n) is 5.27. The topological polar surface area (TPSA) is 97.6 Å². The van der Waals surface area contributed by atoms with Gasteiger partial charge in [0.25, 0.3) is 11.8 Å². The maximum Gasteiger partial charge on any atom is 0.342 e. The number of hydrazine groups is 1. The Bertz CT molecular complexity index is 828. The first-order chi connectivity index (χ1) is 11.8. The summed E-state index contributed by atoms with van der Waals surface area (Å²) in [7, 11) is 0. The maximum atomic E-state index is 12.1. The van der Waals surface area contributed by atoms with Crippen LogP contribution in [-0.2, 0) is 9.53 Å². The minimum Gasteiger partial charge on any atom is -0.465 e. The van der Waals surface area contributed by atoms with Gasteiger partial charge >= 0.3 is 5.97 Å². The molecule has 0 saturated heterocycles.